The zero-order valence-corrected chi connectivity index (χ0v) is 20.8. The molecule has 2 saturated heterocycles. The van der Waals surface area contributed by atoms with Crippen molar-refractivity contribution in [3.8, 4) is 0 Å². The Bertz CT molecular complexity index is 603. The number of nitrogens with one attached hydrogen (secondary N) is 1. The third-order valence-corrected chi connectivity index (χ3v) is 6.29. The average Bonchev–Trinajstić information content (AvgIpc) is 3.39. The van der Waals surface area contributed by atoms with Crippen molar-refractivity contribution in [1.29, 1.82) is 0 Å². The van der Waals surface area contributed by atoms with Crippen molar-refractivity contribution in [3.63, 3.8) is 0 Å². The summed E-state index contributed by atoms with van der Waals surface area (Å²) in [6, 6.07) is 12.0. The maximum absolute atomic E-state index is 4.97. The standard InChI is InChI=1S/C23H39N5.HI/c1-4-24-23(28-17-13-22(19-28)27-15-8-9-16-27)25-14-12-20(2)26(3)18-21-10-6-5-7-11-21;/h5-7,10-11,20,22H,4,8-9,12-19H2,1-3H3,(H,24,25);1H. The normalized spacial score (nSPS) is 21.4. The maximum atomic E-state index is 4.97. The van der Waals surface area contributed by atoms with E-state index in [1.54, 1.807) is 0 Å². The zero-order valence-electron chi connectivity index (χ0n) is 18.5. The summed E-state index contributed by atoms with van der Waals surface area (Å²) < 4.78 is 0. The summed E-state index contributed by atoms with van der Waals surface area (Å²) >= 11 is 0. The van der Waals surface area contributed by atoms with E-state index in [-0.39, 0.29) is 24.0 Å². The average molecular weight is 514 g/mol. The Morgan fingerprint density at radius 3 is 2.62 bits per heavy atom. The fourth-order valence-electron chi connectivity index (χ4n) is 4.37. The molecule has 2 atom stereocenters. The van der Waals surface area contributed by atoms with Crippen LogP contribution in [-0.4, -0.2) is 79.1 Å². The van der Waals surface area contributed by atoms with E-state index in [9.17, 15) is 0 Å². The van der Waals surface area contributed by atoms with Crippen LogP contribution in [0.5, 0.6) is 0 Å². The van der Waals surface area contributed by atoms with Crippen molar-refractivity contribution < 1.29 is 0 Å². The van der Waals surface area contributed by atoms with Crippen molar-refractivity contribution in [2.24, 2.45) is 4.99 Å². The van der Waals surface area contributed by atoms with Crippen LogP contribution in [0.25, 0.3) is 0 Å². The van der Waals surface area contributed by atoms with Crippen molar-refractivity contribution >= 4 is 29.9 Å². The van der Waals surface area contributed by atoms with E-state index >= 15 is 0 Å². The molecule has 29 heavy (non-hydrogen) atoms. The first-order valence-corrected chi connectivity index (χ1v) is 11.2. The molecule has 1 aromatic rings. The zero-order chi connectivity index (χ0) is 19.8. The first-order chi connectivity index (χ1) is 13.7. The lowest BCUT2D eigenvalue weighted by Gasteiger charge is -2.26. The number of hydrogen-bond acceptors (Lipinski definition) is 3. The number of halogens is 1. The van der Waals surface area contributed by atoms with Crippen LogP contribution in [0, 0.1) is 0 Å². The summed E-state index contributed by atoms with van der Waals surface area (Å²) in [6.45, 7) is 12.1. The van der Waals surface area contributed by atoms with Crippen molar-refractivity contribution in [2.45, 2.75) is 58.2 Å². The van der Waals surface area contributed by atoms with Gasteiger partial charge in [-0.3, -0.25) is 14.8 Å². The third kappa shape index (κ3) is 7.40. The molecule has 2 unspecified atom stereocenters. The predicted molar refractivity (Wildman–Crippen MR) is 134 cm³/mol. The van der Waals surface area contributed by atoms with Crippen LogP contribution in [0.2, 0.25) is 0 Å². The minimum absolute atomic E-state index is 0. The van der Waals surface area contributed by atoms with Gasteiger partial charge >= 0.3 is 0 Å². The summed E-state index contributed by atoms with van der Waals surface area (Å²) in [7, 11) is 2.22. The topological polar surface area (TPSA) is 34.1 Å². The van der Waals surface area contributed by atoms with E-state index < -0.39 is 0 Å². The van der Waals surface area contributed by atoms with Crippen LogP contribution in [-0.2, 0) is 6.54 Å². The van der Waals surface area contributed by atoms with Gasteiger partial charge in [0.25, 0.3) is 0 Å². The molecule has 0 bridgehead atoms. The first-order valence-electron chi connectivity index (χ1n) is 11.2. The summed E-state index contributed by atoms with van der Waals surface area (Å²) in [5, 5.41) is 3.52. The Hall–Kier alpha value is -0.860. The van der Waals surface area contributed by atoms with E-state index in [0.717, 1.165) is 51.1 Å². The minimum Gasteiger partial charge on any atom is -0.357 e. The van der Waals surface area contributed by atoms with Gasteiger partial charge in [-0.25, -0.2) is 0 Å². The molecule has 5 nitrogen and oxygen atoms in total. The van der Waals surface area contributed by atoms with Crippen LogP contribution >= 0.6 is 24.0 Å². The van der Waals surface area contributed by atoms with E-state index in [0.29, 0.717) is 6.04 Å². The van der Waals surface area contributed by atoms with Crippen LogP contribution in [0.15, 0.2) is 35.3 Å². The highest BCUT2D eigenvalue weighted by molar-refractivity contribution is 14.0. The fraction of sp³-hybridized carbons (Fsp3) is 0.696. The Kier molecular flexibility index (Phi) is 10.7. The van der Waals surface area contributed by atoms with Crippen LogP contribution in [0.1, 0.15) is 45.1 Å². The van der Waals surface area contributed by atoms with Gasteiger partial charge in [0.2, 0.25) is 0 Å². The van der Waals surface area contributed by atoms with E-state index in [2.05, 4.69) is 71.2 Å². The summed E-state index contributed by atoms with van der Waals surface area (Å²) in [5.74, 6) is 1.11. The Morgan fingerprint density at radius 1 is 1.21 bits per heavy atom. The van der Waals surface area contributed by atoms with Gasteiger partial charge in [-0.2, -0.15) is 0 Å². The molecule has 2 fully saturated rings. The first kappa shape index (κ1) is 24.4. The van der Waals surface area contributed by atoms with E-state index in [1.165, 1.54) is 37.9 Å². The lowest BCUT2D eigenvalue weighted by Crippen LogP contribution is -2.43. The van der Waals surface area contributed by atoms with Gasteiger partial charge in [0.05, 0.1) is 0 Å². The smallest absolute Gasteiger partial charge is 0.193 e. The molecule has 0 aromatic heterocycles. The quantitative estimate of drug-likeness (QED) is 0.327. The van der Waals surface area contributed by atoms with Crippen LogP contribution < -0.4 is 5.32 Å². The third-order valence-electron chi connectivity index (χ3n) is 6.29. The largest absolute Gasteiger partial charge is 0.357 e. The van der Waals surface area contributed by atoms with Crippen molar-refractivity contribution in [3.05, 3.63) is 35.9 Å². The molecular formula is C23H40IN5. The van der Waals surface area contributed by atoms with Crippen LogP contribution in [0.4, 0.5) is 0 Å². The van der Waals surface area contributed by atoms with E-state index in [4.69, 9.17) is 4.99 Å². The van der Waals surface area contributed by atoms with Gasteiger partial charge in [0.1, 0.15) is 0 Å². The molecule has 6 heteroatoms. The summed E-state index contributed by atoms with van der Waals surface area (Å²) in [5.41, 5.74) is 1.37. The number of aliphatic imine (C=N–C) groups is 1. The van der Waals surface area contributed by atoms with Gasteiger partial charge in [-0.15, -0.1) is 24.0 Å². The second-order valence-electron chi connectivity index (χ2n) is 8.41. The lowest BCUT2D eigenvalue weighted by atomic mass is 10.1. The number of guanidine groups is 1. The molecule has 1 aromatic carbocycles. The molecule has 2 aliphatic rings. The Morgan fingerprint density at radius 2 is 1.93 bits per heavy atom. The molecule has 0 saturated carbocycles. The van der Waals surface area contributed by atoms with Crippen LogP contribution in [0.3, 0.4) is 0 Å². The predicted octanol–water partition coefficient (Wildman–Crippen LogP) is 3.65. The number of nitrogens with zero attached hydrogens (tertiary/aromatic N) is 4. The number of benzene rings is 1. The minimum atomic E-state index is 0. The number of rotatable bonds is 8. The monoisotopic (exact) mass is 513 g/mol. The fourth-order valence-corrected chi connectivity index (χ4v) is 4.37. The van der Waals surface area contributed by atoms with Crippen molar-refractivity contribution in [1.82, 2.24) is 20.0 Å². The molecule has 2 aliphatic heterocycles. The Balaban J connectivity index is 0.00000300. The van der Waals surface area contributed by atoms with Gasteiger partial charge in [-0.05, 0) is 65.2 Å². The molecule has 0 radical (unpaired) electrons. The summed E-state index contributed by atoms with van der Waals surface area (Å²) in [4.78, 5) is 12.6. The lowest BCUT2D eigenvalue weighted by molar-refractivity contribution is 0.240. The molecule has 1 N–H and O–H groups in total. The molecule has 0 amide bonds. The molecular weight excluding hydrogens is 473 g/mol. The second kappa shape index (κ2) is 12.7. The number of hydrogen-bond donors (Lipinski definition) is 1. The highest BCUT2D eigenvalue weighted by Gasteiger charge is 2.30. The van der Waals surface area contributed by atoms with Gasteiger partial charge in [0.15, 0.2) is 5.96 Å². The number of likely N-dealkylation sites (tertiary alicyclic amines) is 2. The van der Waals surface area contributed by atoms with Crippen molar-refractivity contribution in [2.75, 3.05) is 46.3 Å². The molecule has 0 spiro atoms. The molecule has 2 heterocycles. The summed E-state index contributed by atoms with van der Waals surface area (Å²) in [6.07, 6.45) is 5.11. The van der Waals surface area contributed by atoms with E-state index in [1.807, 2.05) is 0 Å². The molecule has 164 valence electrons. The maximum Gasteiger partial charge on any atom is 0.193 e. The van der Waals surface area contributed by atoms with Gasteiger partial charge < -0.3 is 10.2 Å². The SMILES string of the molecule is CCNC(=NCCC(C)N(C)Cc1ccccc1)N1CCC(N2CCCC2)C1.I. The highest BCUT2D eigenvalue weighted by Crippen LogP contribution is 2.20. The second-order valence-corrected chi connectivity index (χ2v) is 8.41. The molecule has 3 rings (SSSR count). The van der Waals surface area contributed by atoms with Gasteiger partial charge in [-0.1, -0.05) is 30.3 Å². The Labute approximate surface area is 194 Å². The van der Waals surface area contributed by atoms with Gasteiger partial charge in [0, 0.05) is 44.8 Å². The molecule has 0 aliphatic carbocycles. The highest BCUT2D eigenvalue weighted by atomic mass is 127.